The van der Waals surface area contributed by atoms with Crippen molar-refractivity contribution in [2.75, 3.05) is 0 Å². The Hall–Kier alpha value is -0.630. The molecule has 0 aromatic carbocycles. The van der Waals surface area contributed by atoms with Crippen LogP contribution >= 0.6 is 0 Å². The van der Waals surface area contributed by atoms with Gasteiger partial charge in [0.05, 0.1) is 0 Å². The Bertz CT molecular complexity index is 405. The summed E-state index contributed by atoms with van der Waals surface area (Å²) in [5.74, 6) is -25.2. The minimum absolute atomic E-state index is 0.0305. The highest BCUT2D eigenvalue weighted by Gasteiger charge is 2.99. The van der Waals surface area contributed by atoms with Crippen LogP contribution in [0.1, 0.15) is 71.1 Å². The van der Waals surface area contributed by atoms with E-state index in [9.17, 15) is 39.5 Å². The molecule has 0 unspecified atom stereocenters. The molecule has 0 bridgehead atoms. The van der Waals surface area contributed by atoms with Gasteiger partial charge in [-0.1, -0.05) is 58.3 Å². The van der Waals surface area contributed by atoms with E-state index in [1.807, 2.05) is 6.92 Å². The average molecular weight is 386 g/mol. The summed E-state index contributed by atoms with van der Waals surface area (Å²) in [4.78, 5) is 0. The van der Waals surface area contributed by atoms with Crippen molar-refractivity contribution >= 4 is 0 Å². The van der Waals surface area contributed by atoms with Gasteiger partial charge in [0.1, 0.15) is 0 Å². The predicted octanol–water partition coefficient (Wildman–Crippen LogP) is 7.17. The van der Waals surface area contributed by atoms with Crippen LogP contribution in [0.4, 0.5) is 39.5 Å². The topological polar surface area (TPSA) is 0 Å². The summed E-state index contributed by atoms with van der Waals surface area (Å²) >= 11 is 0. The van der Waals surface area contributed by atoms with Gasteiger partial charge in [0.25, 0.3) is 0 Å². The van der Waals surface area contributed by atoms with Crippen molar-refractivity contribution in [3.63, 3.8) is 0 Å². The van der Waals surface area contributed by atoms with Gasteiger partial charge >= 0.3 is 23.7 Å². The fourth-order valence-corrected chi connectivity index (χ4v) is 3.08. The summed E-state index contributed by atoms with van der Waals surface area (Å²) in [6.45, 7) is 2.04. The Labute approximate surface area is 141 Å². The second-order valence-corrected chi connectivity index (χ2v) is 6.68. The van der Waals surface area contributed by atoms with Crippen LogP contribution in [0.5, 0.6) is 0 Å². The van der Waals surface area contributed by atoms with Crippen LogP contribution in [-0.4, -0.2) is 29.4 Å². The Balaban J connectivity index is 2.59. The number of hydrogen-bond acceptors (Lipinski definition) is 0. The highest BCUT2D eigenvalue weighted by atomic mass is 19.4. The van der Waals surface area contributed by atoms with E-state index < -0.39 is 42.2 Å². The van der Waals surface area contributed by atoms with Crippen LogP contribution in [0.2, 0.25) is 0 Å². The zero-order chi connectivity index (χ0) is 19.6. The smallest absolute Gasteiger partial charge is 0.230 e. The van der Waals surface area contributed by atoms with E-state index in [2.05, 4.69) is 0 Å². The molecule has 0 aromatic rings. The van der Waals surface area contributed by atoms with Gasteiger partial charge < -0.3 is 0 Å². The van der Waals surface area contributed by atoms with Crippen LogP contribution in [0, 0.1) is 0 Å². The molecule has 0 nitrogen and oxygen atoms in total. The lowest BCUT2D eigenvalue weighted by molar-refractivity contribution is -0.303. The number of alkyl halides is 9. The maximum Gasteiger partial charge on any atom is 0.381 e. The molecule has 1 aliphatic carbocycles. The van der Waals surface area contributed by atoms with Gasteiger partial charge in [-0.3, -0.25) is 0 Å². The highest BCUT2D eigenvalue weighted by molar-refractivity contribution is 5.26. The van der Waals surface area contributed by atoms with Crippen molar-refractivity contribution in [3.8, 4) is 0 Å². The maximum absolute atomic E-state index is 14.1. The molecule has 9 heteroatoms. The third kappa shape index (κ3) is 3.36. The Kier molecular flexibility index (Phi) is 6.76. The van der Waals surface area contributed by atoms with Crippen LogP contribution in [0.15, 0.2) is 0 Å². The summed E-state index contributed by atoms with van der Waals surface area (Å²) in [5, 5.41) is 0. The largest absolute Gasteiger partial charge is 0.381 e. The molecule has 0 heterocycles. The van der Waals surface area contributed by atoms with Crippen molar-refractivity contribution in [2.45, 2.75) is 100 Å². The second-order valence-electron chi connectivity index (χ2n) is 6.68. The van der Waals surface area contributed by atoms with Gasteiger partial charge in [-0.2, -0.15) is 35.1 Å². The van der Waals surface area contributed by atoms with Crippen molar-refractivity contribution in [1.29, 1.82) is 0 Å². The molecule has 0 N–H and O–H groups in total. The predicted molar refractivity (Wildman–Crippen MR) is 75.5 cm³/mol. The van der Waals surface area contributed by atoms with E-state index in [1.165, 1.54) is 0 Å². The van der Waals surface area contributed by atoms with Crippen molar-refractivity contribution < 1.29 is 39.5 Å². The van der Waals surface area contributed by atoms with E-state index >= 15 is 0 Å². The van der Waals surface area contributed by atoms with Gasteiger partial charge in [0, 0.05) is 0 Å². The van der Waals surface area contributed by atoms with Crippen LogP contribution < -0.4 is 0 Å². The molecule has 0 aromatic heterocycles. The quantitative estimate of drug-likeness (QED) is 0.276. The lowest BCUT2D eigenvalue weighted by Gasteiger charge is -2.30. The average Bonchev–Trinajstić information content (AvgIpc) is 2.56. The van der Waals surface area contributed by atoms with E-state index in [0.29, 0.717) is 12.8 Å². The summed E-state index contributed by atoms with van der Waals surface area (Å²) in [5.41, 5.74) is -5.27. The van der Waals surface area contributed by atoms with Crippen molar-refractivity contribution in [3.05, 3.63) is 0 Å². The third-order valence-electron chi connectivity index (χ3n) is 4.80. The van der Waals surface area contributed by atoms with Gasteiger partial charge in [0.15, 0.2) is 0 Å². The van der Waals surface area contributed by atoms with Gasteiger partial charge in [0.2, 0.25) is 5.67 Å². The van der Waals surface area contributed by atoms with Crippen LogP contribution in [0.3, 0.4) is 0 Å². The zero-order valence-corrected chi connectivity index (χ0v) is 14.0. The lowest BCUT2D eigenvalue weighted by Crippen LogP contribution is -2.54. The molecule has 0 spiro atoms. The molecule has 0 saturated heterocycles. The monoisotopic (exact) mass is 386 g/mol. The molecule has 0 atom stereocenters. The molecule has 150 valence electrons. The summed E-state index contributed by atoms with van der Waals surface area (Å²) in [7, 11) is 0. The standard InChI is InChI=1S/C16H23F9/c1-2-3-4-5-6-7-8-9-10-11-12(17)13(18,19)15(22,23)16(24,25)14(12,20)21/h2-11H2,1H3. The number of hydrogen-bond donors (Lipinski definition) is 0. The van der Waals surface area contributed by atoms with Crippen LogP contribution in [0.25, 0.3) is 0 Å². The first-order chi connectivity index (χ1) is 11.3. The van der Waals surface area contributed by atoms with Gasteiger partial charge in [-0.25, -0.2) is 4.39 Å². The summed E-state index contributed by atoms with van der Waals surface area (Å²) in [6, 6.07) is 0. The first-order valence-corrected chi connectivity index (χ1v) is 8.51. The molecular formula is C16H23F9. The first kappa shape index (κ1) is 22.4. The molecule has 1 fully saturated rings. The molecule has 25 heavy (non-hydrogen) atoms. The Morgan fingerprint density at radius 3 is 1.12 bits per heavy atom. The minimum atomic E-state index is -6.45. The highest BCUT2D eigenvalue weighted by Crippen LogP contribution is 2.70. The molecule has 0 amide bonds. The van der Waals surface area contributed by atoms with E-state index in [-0.39, 0.29) is 6.42 Å². The summed E-state index contributed by atoms with van der Waals surface area (Å²) in [6.07, 6.45) is 3.66. The molecule has 0 radical (unpaired) electrons. The maximum atomic E-state index is 14.1. The first-order valence-electron chi connectivity index (χ1n) is 8.51. The minimum Gasteiger partial charge on any atom is -0.230 e. The second kappa shape index (κ2) is 7.55. The number of rotatable bonds is 10. The molecule has 1 aliphatic rings. The lowest BCUT2D eigenvalue weighted by atomic mass is 9.90. The fourth-order valence-electron chi connectivity index (χ4n) is 3.08. The van der Waals surface area contributed by atoms with Gasteiger partial charge in [-0.15, -0.1) is 0 Å². The van der Waals surface area contributed by atoms with Crippen LogP contribution in [-0.2, 0) is 0 Å². The van der Waals surface area contributed by atoms with Crippen molar-refractivity contribution in [1.82, 2.24) is 0 Å². The SMILES string of the molecule is CCCCCCCCCCCC1(F)C(F)(F)C(F)(F)C(F)(F)C1(F)F. The number of halogens is 9. The summed E-state index contributed by atoms with van der Waals surface area (Å²) < 4.78 is 120. The molecule has 1 saturated carbocycles. The molecule has 1 rings (SSSR count). The molecule has 0 aliphatic heterocycles. The Morgan fingerprint density at radius 2 is 0.760 bits per heavy atom. The number of unbranched alkanes of at least 4 members (excludes halogenated alkanes) is 8. The normalized spacial score (nSPS) is 25.2. The fraction of sp³-hybridized carbons (Fsp3) is 1.00. The van der Waals surface area contributed by atoms with E-state index in [1.54, 1.807) is 0 Å². The molecular weight excluding hydrogens is 363 g/mol. The van der Waals surface area contributed by atoms with Crippen molar-refractivity contribution in [2.24, 2.45) is 0 Å². The van der Waals surface area contributed by atoms with Gasteiger partial charge in [-0.05, 0) is 12.8 Å². The Morgan fingerprint density at radius 1 is 0.440 bits per heavy atom. The van der Waals surface area contributed by atoms with E-state index in [0.717, 1.165) is 32.1 Å². The zero-order valence-electron chi connectivity index (χ0n) is 14.0. The third-order valence-corrected chi connectivity index (χ3v) is 4.80. The van der Waals surface area contributed by atoms with E-state index in [4.69, 9.17) is 0 Å².